The summed E-state index contributed by atoms with van der Waals surface area (Å²) in [5.41, 5.74) is 1.01. The Morgan fingerprint density at radius 3 is 2.96 bits per heavy atom. The first-order valence-electron chi connectivity index (χ1n) is 9.33. The number of nitrogens with zero attached hydrogens (tertiary/aromatic N) is 5. The Bertz CT molecular complexity index is 634. The lowest BCUT2D eigenvalue weighted by atomic mass is 9.79. The zero-order valence-electron chi connectivity index (χ0n) is 14.3. The fourth-order valence-corrected chi connectivity index (χ4v) is 4.91. The van der Waals surface area contributed by atoms with E-state index >= 15 is 0 Å². The molecule has 3 aliphatic heterocycles. The van der Waals surface area contributed by atoms with Crippen LogP contribution in [0.2, 0.25) is 0 Å². The highest BCUT2D eigenvalue weighted by Gasteiger charge is 2.44. The highest BCUT2D eigenvalue weighted by molar-refractivity contribution is 5.23. The van der Waals surface area contributed by atoms with Crippen molar-refractivity contribution in [3.05, 3.63) is 17.5 Å². The molecule has 1 aromatic heterocycles. The molecule has 0 aliphatic carbocycles. The number of hydrogen-bond acceptors (Lipinski definition) is 5. The quantitative estimate of drug-likeness (QED) is 0.887. The lowest BCUT2D eigenvalue weighted by Crippen LogP contribution is -2.62. The van der Waals surface area contributed by atoms with Crippen molar-refractivity contribution in [2.45, 2.75) is 63.3 Å². The highest BCUT2D eigenvalue weighted by atomic mass is 16.3. The SMILES string of the molecule is N#Cc1cc2n(n1)CCCN(C[C@]1(O)CCCN3CCCC[C@@H]31)C2. The summed E-state index contributed by atoms with van der Waals surface area (Å²) < 4.78 is 1.97. The minimum atomic E-state index is -0.591. The smallest absolute Gasteiger partial charge is 0.162 e. The van der Waals surface area contributed by atoms with Crippen molar-refractivity contribution in [2.75, 3.05) is 26.2 Å². The Balaban J connectivity index is 1.50. The summed E-state index contributed by atoms with van der Waals surface area (Å²) in [6.07, 6.45) is 6.66. The second-order valence-electron chi connectivity index (χ2n) is 7.67. The number of hydrogen-bond donors (Lipinski definition) is 1. The molecule has 6 heteroatoms. The van der Waals surface area contributed by atoms with Crippen LogP contribution in [0.15, 0.2) is 6.07 Å². The molecule has 0 radical (unpaired) electrons. The average Bonchev–Trinajstić information content (AvgIpc) is 2.88. The van der Waals surface area contributed by atoms with Gasteiger partial charge < -0.3 is 5.11 Å². The molecular formula is C18H27N5O. The molecule has 1 N–H and O–H groups in total. The molecule has 4 rings (SSSR count). The number of aryl methyl sites for hydroxylation is 1. The van der Waals surface area contributed by atoms with Gasteiger partial charge in [0.15, 0.2) is 5.69 Å². The molecule has 0 amide bonds. The van der Waals surface area contributed by atoms with Gasteiger partial charge in [-0.1, -0.05) is 6.42 Å². The van der Waals surface area contributed by atoms with Gasteiger partial charge in [-0.05, 0) is 51.3 Å². The van der Waals surface area contributed by atoms with Crippen molar-refractivity contribution in [2.24, 2.45) is 0 Å². The van der Waals surface area contributed by atoms with Gasteiger partial charge in [-0.15, -0.1) is 0 Å². The number of rotatable bonds is 2. The Morgan fingerprint density at radius 1 is 1.21 bits per heavy atom. The molecule has 2 atom stereocenters. The second kappa shape index (κ2) is 6.47. The van der Waals surface area contributed by atoms with E-state index in [1.807, 2.05) is 10.7 Å². The van der Waals surface area contributed by atoms with E-state index in [-0.39, 0.29) is 0 Å². The Kier molecular flexibility index (Phi) is 4.33. The van der Waals surface area contributed by atoms with Crippen molar-refractivity contribution < 1.29 is 5.11 Å². The number of aliphatic hydroxyl groups is 1. The second-order valence-corrected chi connectivity index (χ2v) is 7.67. The van der Waals surface area contributed by atoms with E-state index in [2.05, 4.69) is 21.0 Å². The normalized spacial score (nSPS) is 31.8. The molecule has 1 aromatic rings. The number of β-amino-alcohol motifs (C(OH)–C–C–N with tert-alkyl or cyclic N) is 1. The minimum Gasteiger partial charge on any atom is -0.387 e. The molecule has 130 valence electrons. The highest BCUT2D eigenvalue weighted by Crippen LogP contribution is 2.35. The zero-order valence-corrected chi connectivity index (χ0v) is 14.3. The molecule has 2 saturated heterocycles. The summed E-state index contributed by atoms with van der Waals surface area (Å²) in [6.45, 7) is 5.66. The molecule has 0 bridgehead atoms. The molecule has 2 fully saturated rings. The Labute approximate surface area is 143 Å². The number of fused-ring (bicyclic) bond motifs is 2. The van der Waals surface area contributed by atoms with Crippen molar-refractivity contribution in [3.63, 3.8) is 0 Å². The van der Waals surface area contributed by atoms with Gasteiger partial charge in [0.2, 0.25) is 0 Å². The van der Waals surface area contributed by atoms with E-state index in [1.165, 1.54) is 12.8 Å². The van der Waals surface area contributed by atoms with E-state index in [0.717, 1.165) is 70.6 Å². The van der Waals surface area contributed by atoms with Crippen LogP contribution in [-0.4, -0.2) is 62.5 Å². The van der Waals surface area contributed by atoms with E-state index in [1.54, 1.807) is 0 Å². The summed E-state index contributed by atoms with van der Waals surface area (Å²) in [7, 11) is 0. The predicted molar refractivity (Wildman–Crippen MR) is 90.2 cm³/mol. The maximum atomic E-state index is 11.5. The van der Waals surface area contributed by atoms with Crippen molar-refractivity contribution >= 4 is 0 Å². The summed E-state index contributed by atoms with van der Waals surface area (Å²) in [4.78, 5) is 4.89. The summed E-state index contributed by atoms with van der Waals surface area (Å²) in [5, 5.41) is 24.9. The van der Waals surface area contributed by atoms with Gasteiger partial charge in [-0.2, -0.15) is 10.4 Å². The molecular weight excluding hydrogens is 302 g/mol. The van der Waals surface area contributed by atoms with Crippen LogP contribution in [0.3, 0.4) is 0 Å². The third-order valence-corrected chi connectivity index (χ3v) is 5.99. The number of aromatic nitrogens is 2. The lowest BCUT2D eigenvalue weighted by molar-refractivity contribution is -0.110. The molecule has 4 heterocycles. The standard InChI is InChI=1S/C18H27N5O/c19-12-15-11-16-13-21(7-4-10-23(16)20-15)14-18(24)6-3-9-22-8-2-1-5-17(18)22/h11,17,24H,1-10,13-14H2/t17-,18-/m1/s1. The zero-order chi connectivity index (χ0) is 16.6. The summed E-state index contributed by atoms with van der Waals surface area (Å²) in [6, 6.07) is 4.36. The predicted octanol–water partition coefficient (Wildman–Crippen LogP) is 1.34. The van der Waals surface area contributed by atoms with Gasteiger partial charge >= 0.3 is 0 Å². The van der Waals surface area contributed by atoms with E-state index < -0.39 is 5.60 Å². The van der Waals surface area contributed by atoms with Gasteiger partial charge in [0, 0.05) is 32.2 Å². The van der Waals surface area contributed by atoms with Crippen molar-refractivity contribution in [1.29, 1.82) is 5.26 Å². The fourth-order valence-electron chi connectivity index (χ4n) is 4.91. The maximum absolute atomic E-state index is 11.5. The van der Waals surface area contributed by atoms with Gasteiger partial charge in [0.25, 0.3) is 0 Å². The lowest BCUT2D eigenvalue weighted by Gasteiger charge is -2.50. The molecule has 0 aromatic carbocycles. The molecule has 24 heavy (non-hydrogen) atoms. The largest absolute Gasteiger partial charge is 0.387 e. The van der Waals surface area contributed by atoms with Gasteiger partial charge in [0.05, 0.1) is 11.3 Å². The van der Waals surface area contributed by atoms with Crippen LogP contribution in [0.5, 0.6) is 0 Å². The van der Waals surface area contributed by atoms with Gasteiger partial charge in [-0.25, -0.2) is 0 Å². The van der Waals surface area contributed by atoms with Crippen LogP contribution < -0.4 is 0 Å². The first-order valence-corrected chi connectivity index (χ1v) is 9.33. The van der Waals surface area contributed by atoms with Crippen molar-refractivity contribution in [1.82, 2.24) is 19.6 Å². The van der Waals surface area contributed by atoms with E-state index in [4.69, 9.17) is 5.26 Å². The van der Waals surface area contributed by atoms with Crippen LogP contribution in [0, 0.1) is 11.3 Å². The maximum Gasteiger partial charge on any atom is 0.162 e. The van der Waals surface area contributed by atoms with E-state index in [0.29, 0.717) is 11.7 Å². The van der Waals surface area contributed by atoms with Crippen LogP contribution in [-0.2, 0) is 13.1 Å². The van der Waals surface area contributed by atoms with Crippen molar-refractivity contribution in [3.8, 4) is 6.07 Å². The molecule has 0 unspecified atom stereocenters. The van der Waals surface area contributed by atoms with Crippen LogP contribution in [0.1, 0.15) is 49.9 Å². The third-order valence-electron chi connectivity index (χ3n) is 5.99. The summed E-state index contributed by atoms with van der Waals surface area (Å²) >= 11 is 0. The van der Waals surface area contributed by atoms with Crippen LogP contribution in [0.25, 0.3) is 0 Å². The Morgan fingerprint density at radius 2 is 2.08 bits per heavy atom. The van der Waals surface area contributed by atoms with Crippen LogP contribution in [0.4, 0.5) is 0 Å². The van der Waals surface area contributed by atoms with E-state index in [9.17, 15) is 5.11 Å². The van der Waals surface area contributed by atoms with Crippen LogP contribution >= 0.6 is 0 Å². The Hall–Kier alpha value is -1.42. The minimum absolute atomic E-state index is 0.322. The monoisotopic (exact) mass is 329 g/mol. The molecule has 3 aliphatic rings. The third kappa shape index (κ3) is 2.97. The van der Waals surface area contributed by atoms with Gasteiger partial charge in [-0.3, -0.25) is 14.5 Å². The summed E-state index contributed by atoms with van der Waals surface area (Å²) in [5.74, 6) is 0. The first-order chi connectivity index (χ1) is 11.7. The first kappa shape index (κ1) is 16.1. The van der Waals surface area contributed by atoms with Gasteiger partial charge in [0.1, 0.15) is 6.07 Å². The fraction of sp³-hybridized carbons (Fsp3) is 0.778. The number of piperidine rings is 2. The number of nitriles is 1. The average molecular weight is 329 g/mol. The molecule has 6 nitrogen and oxygen atoms in total. The molecule has 0 saturated carbocycles. The topological polar surface area (TPSA) is 68.3 Å². The molecule has 0 spiro atoms.